The molecular weight excluding hydrogens is 233 g/mol. The van der Waals surface area contributed by atoms with Crippen molar-refractivity contribution in [2.24, 2.45) is 0 Å². The normalized spacial score (nSPS) is 10.7. The summed E-state index contributed by atoms with van der Waals surface area (Å²) in [5, 5.41) is 0.811. The van der Waals surface area contributed by atoms with E-state index in [0.29, 0.717) is 4.47 Å². The van der Waals surface area contributed by atoms with Gasteiger partial charge in [-0.1, -0.05) is 0 Å². The number of hydrogen-bond acceptors (Lipinski definition) is 1. The summed E-state index contributed by atoms with van der Waals surface area (Å²) in [7, 11) is 0. The van der Waals surface area contributed by atoms with Gasteiger partial charge in [-0.25, -0.2) is 4.39 Å². The molecule has 0 atom stereocenters. The summed E-state index contributed by atoms with van der Waals surface area (Å²) >= 11 is 3.19. The van der Waals surface area contributed by atoms with E-state index in [0.717, 1.165) is 16.6 Å². The van der Waals surface area contributed by atoms with Gasteiger partial charge in [0.2, 0.25) is 0 Å². The Labute approximate surface area is 83.7 Å². The Bertz CT molecular complexity index is 468. The third-order valence-corrected chi connectivity index (χ3v) is 2.70. The molecule has 1 aromatic carbocycles. The van der Waals surface area contributed by atoms with E-state index in [4.69, 9.17) is 0 Å². The molecule has 0 amide bonds. The van der Waals surface area contributed by atoms with Crippen molar-refractivity contribution < 1.29 is 4.39 Å². The molecule has 0 spiro atoms. The van der Waals surface area contributed by atoms with Crippen molar-refractivity contribution in [3.63, 3.8) is 0 Å². The lowest BCUT2D eigenvalue weighted by molar-refractivity contribution is 0.623. The molecule has 1 heterocycles. The van der Waals surface area contributed by atoms with Crippen molar-refractivity contribution in [1.29, 1.82) is 0 Å². The summed E-state index contributed by atoms with van der Waals surface area (Å²) < 4.78 is 13.6. The maximum absolute atomic E-state index is 13.1. The van der Waals surface area contributed by atoms with Crippen molar-refractivity contribution >= 4 is 26.8 Å². The second-order valence-electron chi connectivity index (χ2n) is 2.88. The van der Waals surface area contributed by atoms with Crippen molar-refractivity contribution in [3.05, 3.63) is 40.2 Å². The average Bonchev–Trinajstić information content (AvgIpc) is 2.12. The Morgan fingerprint density at radius 2 is 2.00 bits per heavy atom. The summed E-state index contributed by atoms with van der Waals surface area (Å²) in [6.07, 6.45) is 0. The Hall–Kier alpha value is -0.960. The molecule has 0 bridgehead atoms. The SMILES string of the molecule is Cc1ccc2c(Br)c(F)ccc2n1. The predicted octanol–water partition coefficient (Wildman–Crippen LogP) is 3.44. The van der Waals surface area contributed by atoms with Crippen molar-refractivity contribution in [2.45, 2.75) is 6.92 Å². The van der Waals surface area contributed by atoms with Crippen LogP contribution in [0.1, 0.15) is 5.69 Å². The number of pyridine rings is 1. The third-order valence-electron chi connectivity index (χ3n) is 1.90. The van der Waals surface area contributed by atoms with Crippen LogP contribution in [-0.2, 0) is 0 Å². The van der Waals surface area contributed by atoms with E-state index in [1.54, 1.807) is 6.07 Å². The Balaban J connectivity index is 2.87. The molecule has 0 N–H and O–H groups in total. The van der Waals surface area contributed by atoms with E-state index >= 15 is 0 Å². The number of fused-ring (bicyclic) bond motifs is 1. The van der Waals surface area contributed by atoms with E-state index in [1.165, 1.54) is 6.07 Å². The fraction of sp³-hybridized carbons (Fsp3) is 0.100. The van der Waals surface area contributed by atoms with Crippen LogP contribution in [0.3, 0.4) is 0 Å². The molecule has 13 heavy (non-hydrogen) atoms. The van der Waals surface area contributed by atoms with Gasteiger partial charge in [-0.15, -0.1) is 0 Å². The molecule has 3 heteroatoms. The van der Waals surface area contributed by atoms with Crippen molar-refractivity contribution in [3.8, 4) is 0 Å². The highest BCUT2D eigenvalue weighted by atomic mass is 79.9. The fourth-order valence-electron chi connectivity index (χ4n) is 1.24. The zero-order chi connectivity index (χ0) is 9.42. The maximum Gasteiger partial charge on any atom is 0.138 e. The molecule has 2 rings (SSSR count). The highest BCUT2D eigenvalue weighted by Crippen LogP contribution is 2.25. The van der Waals surface area contributed by atoms with E-state index in [-0.39, 0.29) is 5.82 Å². The lowest BCUT2D eigenvalue weighted by Crippen LogP contribution is -1.85. The lowest BCUT2D eigenvalue weighted by Gasteiger charge is -2.01. The lowest BCUT2D eigenvalue weighted by atomic mass is 10.2. The highest BCUT2D eigenvalue weighted by Gasteiger charge is 2.04. The smallest absolute Gasteiger partial charge is 0.138 e. The highest BCUT2D eigenvalue weighted by molar-refractivity contribution is 9.10. The van der Waals surface area contributed by atoms with E-state index < -0.39 is 0 Å². The molecule has 1 nitrogen and oxygen atoms in total. The minimum absolute atomic E-state index is 0.252. The minimum Gasteiger partial charge on any atom is -0.253 e. The summed E-state index contributed by atoms with van der Waals surface area (Å²) in [5.41, 5.74) is 1.75. The molecule has 0 saturated carbocycles. The van der Waals surface area contributed by atoms with E-state index in [1.807, 2.05) is 19.1 Å². The van der Waals surface area contributed by atoms with Gasteiger partial charge in [0, 0.05) is 11.1 Å². The topological polar surface area (TPSA) is 12.9 Å². The van der Waals surface area contributed by atoms with Gasteiger partial charge in [0.25, 0.3) is 0 Å². The molecular formula is C10H7BrFN. The van der Waals surface area contributed by atoms with Crippen LogP contribution >= 0.6 is 15.9 Å². The van der Waals surface area contributed by atoms with Gasteiger partial charge in [-0.3, -0.25) is 4.98 Å². The Morgan fingerprint density at radius 1 is 1.23 bits per heavy atom. The molecule has 0 aliphatic rings. The number of aromatic nitrogens is 1. The number of nitrogens with zero attached hydrogens (tertiary/aromatic N) is 1. The fourth-order valence-corrected chi connectivity index (χ4v) is 1.71. The zero-order valence-corrected chi connectivity index (χ0v) is 8.60. The van der Waals surface area contributed by atoms with Crippen LogP contribution < -0.4 is 0 Å². The average molecular weight is 240 g/mol. The minimum atomic E-state index is -0.252. The quantitative estimate of drug-likeness (QED) is 0.687. The molecule has 0 fully saturated rings. The van der Waals surface area contributed by atoms with Gasteiger partial charge in [-0.05, 0) is 47.1 Å². The standard InChI is InChI=1S/C10H7BrFN/c1-6-2-3-7-9(13-6)5-4-8(12)10(7)11/h2-5H,1H3. The first kappa shape index (κ1) is 8.63. The van der Waals surface area contributed by atoms with Crippen LogP contribution in [0, 0.1) is 12.7 Å². The molecule has 0 unspecified atom stereocenters. The monoisotopic (exact) mass is 239 g/mol. The summed E-state index contributed by atoms with van der Waals surface area (Å²) in [4.78, 5) is 4.28. The Kier molecular flexibility index (Phi) is 2.04. The number of aryl methyl sites for hydroxylation is 1. The van der Waals surface area contributed by atoms with Crippen LogP contribution in [0.5, 0.6) is 0 Å². The van der Waals surface area contributed by atoms with E-state index in [2.05, 4.69) is 20.9 Å². The number of rotatable bonds is 0. The van der Waals surface area contributed by atoms with Crippen LogP contribution in [0.4, 0.5) is 4.39 Å². The Morgan fingerprint density at radius 3 is 2.77 bits per heavy atom. The number of benzene rings is 1. The number of halogens is 2. The van der Waals surface area contributed by atoms with Crippen LogP contribution in [0.25, 0.3) is 10.9 Å². The largest absolute Gasteiger partial charge is 0.253 e. The molecule has 0 aliphatic carbocycles. The summed E-state index contributed by atoms with van der Waals surface area (Å²) in [6.45, 7) is 1.91. The van der Waals surface area contributed by atoms with Crippen molar-refractivity contribution in [1.82, 2.24) is 4.98 Å². The molecule has 66 valence electrons. The van der Waals surface area contributed by atoms with Gasteiger partial charge in [0.15, 0.2) is 0 Å². The first-order valence-corrected chi connectivity index (χ1v) is 4.69. The second-order valence-corrected chi connectivity index (χ2v) is 3.67. The maximum atomic E-state index is 13.1. The first-order valence-electron chi connectivity index (χ1n) is 3.90. The van der Waals surface area contributed by atoms with Gasteiger partial charge in [-0.2, -0.15) is 0 Å². The van der Waals surface area contributed by atoms with Gasteiger partial charge < -0.3 is 0 Å². The van der Waals surface area contributed by atoms with E-state index in [9.17, 15) is 4.39 Å². The van der Waals surface area contributed by atoms with Gasteiger partial charge in [0.1, 0.15) is 5.82 Å². The molecule has 1 aromatic heterocycles. The van der Waals surface area contributed by atoms with Crippen LogP contribution in [0.2, 0.25) is 0 Å². The molecule has 0 radical (unpaired) electrons. The zero-order valence-electron chi connectivity index (χ0n) is 7.01. The van der Waals surface area contributed by atoms with Crippen molar-refractivity contribution in [2.75, 3.05) is 0 Å². The molecule has 0 aliphatic heterocycles. The van der Waals surface area contributed by atoms with Crippen LogP contribution in [0.15, 0.2) is 28.7 Å². The second kappa shape index (κ2) is 3.07. The first-order chi connectivity index (χ1) is 6.18. The molecule has 2 aromatic rings. The molecule has 0 saturated heterocycles. The van der Waals surface area contributed by atoms with Gasteiger partial charge >= 0.3 is 0 Å². The third kappa shape index (κ3) is 1.44. The summed E-state index contributed by atoms with van der Waals surface area (Å²) in [5.74, 6) is -0.252. The summed E-state index contributed by atoms with van der Waals surface area (Å²) in [6, 6.07) is 6.83. The van der Waals surface area contributed by atoms with Gasteiger partial charge in [0.05, 0.1) is 9.99 Å². The van der Waals surface area contributed by atoms with Crippen LogP contribution in [-0.4, -0.2) is 4.98 Å². The number of hydrogen-bond donors (Lipinski definition) is 0. The predicted molar refractivity (Wildman–Crippen MR) is 54.1 cm³/mol.